The molecule has 0 aliphatic carbocycles. The van der Waals surface area contributed by atoms with Crippen molar-refractivity contribution in [1.29, 1.82) is 0 Å². The third kappa shape index (κ3) is 2.89. The minimum atomic E-state index is -5.01. The first-order chi connectivity index (χ1) is 7.77. The zero-order valence-electron chi connectivity index (χ0n) is 8.39. The van der Waals surface area contributed by atoms with Crippen LogP contribution in [0, 0.1) is 0 Å². The lowest BCUT2D eigenvalue weighted by Crippen LogP contribution is -2.14. The second kappa shape index (κ2) is 4.64. The highest BCUT2D eigenvalue weighted by molar-refractivity contribution is 5.89. The molecule has 1 aromatic heterocycles. The van der Waals surface area contributed by atoms with Gasteiger partial charge >= 0.3 is 12.1 Å². The van der Waals surface area contributed by atoms with E-state index in [1.165, 1.54) is 0 Å². The fourth-order valence-corrected chi connectivity index (χ4v) is 1.11. The standard InChI is InChI=1S/C9H6F5NO2/c1-17-8(16)4-2-5(9(12,13)14)6(7(10)11)15-3-4/h2-3,7H,1H3. The van der Waals surface area contributed by atoms with Crippen LogP contribution in [-0.2, 0) is 10.9 Å². The number of methoxy groups -OCH3 is 1. The highest BCUT2D eigenvalue weighted by Gasteiger charge is 2.37. The number of rotatable bonds is 2. The highest BCUT2D eigenvalue weighted by Crippen LogP contribution is 2.35. The summed E-state index contributed by atoms with van der Waals surface area (Å²) in [6.07, 6.45) is -7.77. The second-order valence-electron chi connectivity index (χ2n) is 2.95. The Morgan fingerprint density at radius 2 is 2.00 bits per heavy atom. The molecule has 3 nitrogen and oxygen atoms in total. The van der Waals surface area contributed by atoms with Gasteiger partial charge in [-0.1, -0.05) is 0 Å². The minimum Gasteiger partial charge on any atom is -0.465 e. The van der Waals surface area contributed by atoms with Crippen molar-refractivity contribution in [3.05, 3.63) is 29.1 Å². The van der Waals surface area contributed by atoms with E-state index in [0.29, 0.717) is 12.3 Å². The number of carbonyl (C=O) groups excluding carboxylic acids is 1. The summed E-state index contributed by atoms with van der Waals surface area (Å²) < 4.78 is 66.1. The van der Waals surface area contributed by atoms with Gasteiger partial charge in [0, 0.05) is 6.20 Å². The number of esters is 1. The molecule has 0 saturated carbocycles. The second-order valence-corrected chi connectivity index (χ2v) is 2.95. The van der Waals surface area contributed by atoms with Crippen molar-refractivity contribution in [1.82, 2.24) is 4.98 Å². The van der Waals surface area contributed by atoms with Gasteiger partial charge in [0.25, 0.3) is 6.43 Å². The molecule has 0 fully saturated rings. The van der Waals surface area contributed by atoms with Gasteiger partial charge in [0.1, 0.15) is 5.69 Å². The Hall–Kier alpha value is -1.73. The number of alkyl halides is 5. The van der Waals surface area contributed by atoms with Crippen LogP contribution in [0.2, 0.25) is 0 Å². The number of ether oxygens (including phenoxy) is 1. The van der Waals surface area contributed by atoms with Crippen LogP contribution in [-0.4, -0.2) is 18.1 Å². The largest absolute Gasteiger partial charge is 0.465 e. The van der Waals surface area contributed by atoms with Gasteiger partial charge in [-0.25, -0.2) is 13.6 Å². The molecular formula is C9H6F5NO2. The first kappa shape index (κ1) is 13.3. The normalized spacial score (nSPS) is 11.7. The Morgan fingerprint density at radius 3 is 2.41 bits per heavy atom. The predicted molar refractivity (Wildman–Crippen MR) is 45.5 cm³/mol. The topological polar surface area (TPSA) is 39.2 Å². The van der Waals surface area contributed by atoms with Crippen LogP contribution >= 0.6 is 0 Å². The lowest BCUT2D eigenvalue weighted by atomic mass is 10.1. The van der Waals surface area contributed by atoms with Gasteiger partial charge in [0.15, 0.2) is 0 Å². The lowest BCUT2D eigenvalue weighted by molar-refractivity contribution is -0.140. The third-order valence-electron chi connectivity index (χ3n) is 1.85. The maximum Gasteiger partial charge on any atom is 0.418 e. The van der Waals surface area contributed by atoms with Crippen LogP contribution in [0.25, 0.3) is 0 Å². The van der Waals surface area contributed by atoms with Gasteiger partial charge in [-0.05, 0) is 6.07 Å². The van der Waals surface area contributed by atoms with E-state index in [1.54, 1.807) is 0 Å². The molecular weight excluding hydrogens is 249 g/mol. The molecule has 0 bridgehead atoms. The number of hydrogen-bond donors (Lipinski definition) is 0. The molecule has 17 heavy (non-hydrogen) atoms. The number of halogens is 5. The van der Waals surface area contributed by atoms with Crippen molar-refractivity contribution in [2.45, 2.75) is 12.6 Å². The molecule has 1 heterocycles. The van der Waals surface area contributed by atoms with Crippen molar-refractivity contribution >= 4 is 5.97 Å². The highest BCUT2D eigenvalue weighted by atomic mass is 19.4. The number of pyridine rings is 1. The quantitative estimate of drug-likeness (QED) is 0.602. The summed E-state index contributed by atoms with van der Waals surface area (Å²) in [6, 6.07) is 0.292. The molecule has 0 radical (unpaired) electrons. The van der Waals surface area contributed by atoms with E-state index in [2.05, 4.69) is 9.72 Å². The zero-order valence-corrected chi connectivity index (χ0v) is 8.39. The molecule has 0 aliphatic rings. The van der Waals surface area contributed by atoms with E-state index >= 15 is 0 Å². The molecule has 0 aliphatic heterocycles. The van der Waals surface area contributed by atoms with Gasteiger partial charge in [-0.2, -0.15) is 13.2 Å². The number of carbonyl (C=O) groups is 1. The summed E-state index contributed by atoms with van der Waals surface area (Å²) in [4.78, 5) is 13.9. The molecule has 0 spiro atoms. The maximum atomic E-state index is 12.4. The Balaban J connectivity index is 3.35. The monoisotopic (exact) mass is 255 g/mol. The van der Waals surface area contributed by atoms with Crippen LogP contribution in [0.5, 0.6) is 0 Å². The SMILES string of the molecule is COC(=O)c1cnc(C(F)F)c(C(F)(F)F)c1. The van der Waals surface area contributed by atoms with Gasteiger partial charge in [0.05, 0.1) is 18.2 Å². The summed E-state index contributed by atoms with van der Waals surface area (Å²) in [5, 5.41) is 0. The van der Waals surface area contributed by atoms with E-state index in [-0.39, 0.29) is 0 Å². The van der Waals surface area contributed by atoms with E-state index < -0.39 is 35.4 Å². The van der Waals surface area contributed by atoms with Crippen molar-refractivity contribution in [3.8, 4) is 0 Å². The van der Waals surface area contributed by atoms with Crippen LogP contribution in [0.1, 0.15) is 28.0 Å². The summed E-state index contributed by atoms with van der Waals surface area (Å²) >= 11 is 0. The molecule has 1 rings (SSSR count). The molecule has 0 amide bonds. The summed E-state index contributed by atoms with van der Waals surface area (Å²) in [7, 11) is 0.955. The number of nitrogens with zero attached hydrogens (tertiary/aromatic N) is 1. The molecule has 8 heteroatoms. The molecule has 0 unspecified atom stereocenters. The zero-order chi connectivity index (χ0) is 13.2. The Morgan fingerprint density at radius 1 is 1.41 bits per heavy atom. The predicted octanol–water partition coefficient (Wildman–Crippen LogP) is 2.82. The fourth-order valence-electron chi connectivity index (χ4n) is 1.11. The molecule has 0 saturated heterocycles. The summed E-state index contributed by atoms with van der Waals surface area (Å²) in [5.41, 5.74) is -3.59. The van der Waals surface area contributed by atoms with Crippen LogP contribution in [0.15, 0.2) is 12.3 Å². The summed E-state index contributed by atoms with van der Waals surface area (Å²) in [5.74, 6) is -1.08. The third-order valence-corrected chi connectivity index (χ3v) is 1.85. The van der Waals surface area contributed by atoms with Crippen LogP contribution in [0.4, 0.5) is 22.0 Å². The number of hydrogen-bond acceptors (Lipinski definition) is 3. The molecule has 1 aromatic rings. The lowest BCUT2D eigenvalue weighted by Gasteiger charge is -2.12. The van der Waals surface area contributed by atoms with Crippen molar-refractivity contribution in [2.24, 2.45) is 0 Å². The molecule has 0 N–H and O–H groups in total. The number of aromatic nitrogens is 1. The first-order valence-corrected chi connectivity index (χ1v) is 4.21. The Kier molecular flexibility index (Phi) is 3.64. The first-order valence-electron chi connectivity index (χ1n) is 4.21. The average molecular weight is 255 g/mol. The smallest absolute Gasteiger partial charge is 0.418 e. The van der Waals surface area contributed by atoms with Crippen LogP contribution < -0.4 is 0 Å². The average Bonchev–Trinajstić information content (AvgIpc) is 2.25. The molecule has 94 valence electrons. The van der Waals surface area contributed by atoms with E-state index in [4.69, 9.17) is 0 Å². The molecule has 0 aromatic carbocycles. The van der Waals surface area contributed by atoms with Gasteiger partial charge < -0.3 is 4.74 Å². The van der Waals surface area contributed by atoms with Gasteiger partial charge in [-0.3, -0.25) is 4.98 Å². The Bertz CT molecular complexity index is 430. The minimum absolute atomic E-state index is 0.292. The van der Waals surface area contributed by atoms with Crippen molar-refractivity contribution < 1.29 is 31.5 Å². The maximum absolute atomic E-state index is 12.4. The van der Waals surface area contributed by atoms with E-state index in [1.807, 2.05) is 0 Å². The van der Waals surface area contributed by atoms with E-state index in [0.717, 1.165) is 7.11 Å². The van der Waals surface area contributed by atoms with Crippen LogP contribution in [0.3, 0.4) is 0 Å². The summed E-state index contributed by atoms with van der Waals surface area (Å²) in [6.45, 7) is 0. The Labute approximate surface area is 92.2 Å². The van der Waals surface area contributed by atoms with Crippen molar-refractivity contribution in [3.63, 3.8) is 0 Å². The van der Waals surface area contributed by atoms with Gasteiger partial charge in [-0.15, -0.1) is 0 Å². The molecule has 0 atom stereocenters. The fraction of sp³-hybridized carbons (Fsp3) is 0.333. The van der Waals surface area contributed by atoms with E-state index in [9.17, 15) is 26.7 Å². The van der Waals surface area contributed by atoms with Crippen molar-refractivity contribution in [2.75, 3.05) is 7.11 Å². The van der Waals surface area contributed by atoms with Gasteiger partial charge in [0.2, 0.25) is 0 Å².